The van der Waals surface area contributed by atoms with Crippen molar-refractivity contribution in [3.05, 3.63) is 42.5 Å². The molecule has 0 aliphatic carbocycles. The average molecular weight is 388 g/mol. The maximum atomic E-state index is 12.8. The molecule has 1 aromatic rings. The van der Waals surface area contributed by atoms with Gasteiger partial charge in [-0.3, -0.25) is 10.2 Å². The van der Waals surface area contributed by atoms with E-state index in [-0.39, 0.29) is 19.3 Å². The first-order chi connectivity index (χ1) is 13.4. The number of nitrogens with one attached hydrogen (secondary N) is 2. The van der Waals surface area contributed by atoms with Gasteiger partial charge in [-0.2, -0.15) is 0 Å². The SMILES string of the molecule is C=CCOc1ccc(C[C@H](BOC=N)C(=O)N[C@@H](CC(C)C)C(=O)OC)cc1. The summed E-state index contributed by atoms with van der Waals surface area (Å²) in [6.07, 6.45) is 3.35. The summed E-state index contributed by atoms with van der Waals surface area (Å²) in [6.45, 7) is 7.96. The molecule has 2 atom stereocenters. The van der Waals surface area contributed by atoms with Crippen LogP contribution in [0.1, 0.15) is 25.8 Å². The van der Waals surface area contributed by atoms with E-state index in [1.165, 1.54) is 7.11 Å². The number of ether oxygens (including phenoxy) is 2. The van der Waals surface area contributed by atoms with Crippen molar-refractivity contribution in [1.82, 2.24) is 5.32 Å². The molecule has 0 saturated carbocycles. The standard InChI is InChI=1S/C20H29BN2O5/c1-5-10-27-16-8-6-15(7-9-16)12-17(21-28-13-22)19(24)23-18(11-14(2)3)20(25)26-4/h5-9,13-14,17-18,21-22H,1,10-12H2,2-4H3,(H,23,24)/t17-,18-/m0/s1. The lowest BCUT2D eigenvalue weighted by atomic mass is 9.75. The molecule has 1 amide bonds. The minimum Gasteiger partial charge on any atom is -0.556 e. The van der Waals surface area contributed by atoms with E-state index in [9.17, 15) is 9.59 Å². The molecule has 1 rings (SSSR count). The van der Waals surface area contributed by atoms with Gasteiger partial charge in [-0.1, -0.05) is 38.6 Å². The van der Waals surface area contributed by atoms with Crippen LogP contribution in [0.25, 0.3) is 0 Å². The minimum absolute atomic E-state index is 0.0413. The number of benzene rings is 1. The van der Waals surface area contributed by atoms with Crippen LogP contribution in [0.3, 0.4) is 0 Å². The highest BCUT2D eigenvalue weighted by molar-refractivity contribution is 6.39. The van der Waals surface area contributed by atoms with Gasteiger partial charge < -0.3 is 19.4 Å². The van der Waals surface area contributed by atoms with Crippen molar-refractivity contribution in [3.8, 4) is 5.75 Å². The lowest BCUT2D eigenvalue weighted by molar-refractivity contribution is -0.145. The summed E-state index contributed by atoms with van der Waals surface area (Å²) in [6, 6.07) is 6.67. The molecular formula is C20H29BN2O5. The zero-order valence-corrected chi connectivity index (χ0v) is 16.8. The van der Waals surface area contributed by atoms with Crippen molar-refractivity contribution in [1.29, 1.82) is 5.41 Å². The summed E-state index contributed by atoms with van der Waals surface area (Å²) < 4.78 is 15.3. The molecule has 0 unspecified atom stereocenters. The first kappa shape index (κ1) is 23.3. The van der Waals surface area contributed by atoms with Crippen molar-refractivity contribution >= 4 is 25.8 Å². The van der Waals surface area contributed by atoms with Gasteiger partial charge in [0.2, 0.25) is 5.91 Å². The van der Waals surface area contributed by atoms with Crippen LogP contribution in [0.2, 0.25) is 5.82 Å². The number of esters is 1. The molecule has 0 aliphatic heterocycles. The number of carbonyl (C=O) groups is 2. The van der Waals surface area contributed by atoms with Gasteiger partial charge in [-0.25, -0.2) is 4.79 Å². The normalized spacial score (nSPS) is 12.4. The van der Waals surface area contributed by atoms with Crippen molar-refractivity contribution in [2.75, 3.05) is 13.7 Å². The smallest absolute Gasteiger partial charge is 0.354 e. The van der Waals surface area contributed by atoms with Crippen LogP contribution in [0.5, 0.6) is 5.75 Å². The quantitative estimate of drug-likeness (QED) is 0.178. The second kappa shape index (κ2) is 12.6. The van der Waals surface area contributed by atoms with Gasteiger partial charge in [0.25, 0.3) is 0 Å². The molecule has 0 aliphatic rings. The van der Waals surface area contributed by atoms with Gasteiger partial charge in [0, 0.05) is 0 Å². The van der Waals surface area contributed by atoms with E-state index in [1.54, 1.807) is 6.08 Å². The van der Waals surface area contributed by atoms with E-state index < -0.39 is 17.8 Å². The summed E-state index contributed by atoms with van der Waals surface area (Å²) in [5.74, 6) is -0.421. The summed E-state index contributed by atoms with van der Waals surface area (Å²) in [5.41, 5.74) is 0.915. The third-order valence-corrected chi connectivity index (χ3v) is 4.03. The zero-order chi connectivity index (χ0) is 20.9. The predicted octanol–water partition coefficient (Wildman–Crippen LogP) is 2.26. The predicted molar refractivity (Wildman–Crippen MR) is 110 cm³/mol. The molecule has 8 heteroatoms. The molecule has 1 aromatic carbocycles. The van der Waals surface area contributed by atoms with E-state index in [0.29, 0.717) is 25.2 Å². The molecule has 0 spiro atoms. The van der Waals surface area contributed by atoms with Crippen LogP contribution in [0.15, 0.2) is 36.9 Å². The van der Waals surface area contributed by atoms with Crippen LogP contribution >= 0.6 is 0 Å². The Kier molecular flexibility index (Phi) is 10.5. The third kappa shape index (κ3) is 8.29. The topological polar surface area (TPSA) is 97.7 Å². The molecule has 2 N–H and O–H groups in total. The van der Waals surface area contributed by atoms with Crippen LogP contribution in [-0.4, -0.2) is 45.5 Å². The summed E-state index contributed by atoms with van der Waals surface area (Å²) in [5, 5.41) is 9.83. The molecule has 0 heterocycles. The van der Waals surface area contributed by atoms with Crippen LogP contribution < -0.4 is 10.1 Å². The highest BCUT2D eigenvalue weighted by Gasteiger charge is 2.28. The van der Waals surface area contributed by atoms with E-state index >= 15 is 0 Å². The highest BCUT2D eigenvalue weighted by atomic mass is 16.5. The Morgan fingerprint density at radius 2 is 1.96 bits per heavy atom. The lowest BCUT2D eigenvalue weighted by Gasteiger charge is -2.21. The van der Waals surface area contributed by atoms with Crippen LogP contribution in [-0.2, 0) is 25.4 Å². The number of amides is 1. The molecule has 0 aromatic heterocycles. The van der Waals surface area contributed by atoms with Crippen LogP contribution in [0, 0.1) is 11.3 Å². The Bertz CT molecular complexity index is 649. The lowest BCUT2D eigenvalue weighted by Crippen LogP contribution is -2.45. The van der Waals surface area contributed by atoms with Gasteiger partial charge in [0.15, 0.2) is 0 Å². The van der Waals surface area contributed by atoms with E-state index in [2.05, 4.69) is 11.9 Å². The van der Waals surface area contributed by atoms with Crippen molar-refractivity contribution < 1.29 is 23.7 Å². The summed E-state index contributed by atoms with van der Waals surface area (Å²) in [4.78, 5) is 24.7. The number of hydrogen-bond acceptors (Lipinski definition) is 6. The van der Waals surface area contributed by atoms with E-state index in [1.807, 2.05) is 38.1 Å². The molecule has 0 bridgehead atoms. The second-order valence-corrected chi connectivity index (χ2v) is 6.81. The highest BCUT2D eigenvalue weighted by Crippen LogP contribution is 2.19. The molecule has 0 saturated heterocycles. The minimum atomic E-state index is -0.713. The fraction of sp³-hybridized carbons (Fsp3) is 0.450. The Balaban J connectivity index is 2.84. The first-order valence-corrected chi connectivity index (χ1v) is 9.22. The largest absolute Gasteiger partial charge is 0.556 e. The van der Waals surface area contributed by atoms with Gasteiger partial charge in [-0.15, -0.1) is 0 Å². The van der Waals surface area contributed by atoms with Crippen LogP contribution in [0.4, 0.5) is 0 Å². The van der Waals surface area contributed by atoms with Gasteiger partial charge in [0.1, 0.15) is 24.8 Å². The molecule has 0 fully saturated rings. The number of methoxy groups -OCH3 is 1. The first-order valence-electron chi connectivity index (χ1n) is 9.22. The molecule has 7 nitrogen and oxygen atoms in total. The molecule has 0 radical (unpaired) electrons. The van der Waals surface area contributed by atoms with E-state index in [4.69, 9.17) is 19.5 Å². The van der Waals surface area contributed by atoms with Gasteiger partial charge in [0.05, 0.1) is 12.9 Å². The van der Waals surface area contributed by atoms with Crippen molar-refractivity contribution in [2.45, 2.75) is 38.5 Å². The van der Waals surface area contributed by atoms with Gasteiger partial charge in [-0.05, 0) is 36.5 Å². The molecule has 28 heavy (non-hydrogen) atoms. The molecular weight excluding hydrogens is 359 g/mol. The fourth-order valence-electron chi connectivity index (χ4n) is 2.67. The number of rotatable bonds is 13. The maximum Gasteiger partial charge on any atom is 0.354 e. The van der Waals surface area contributed by atoms with Crippen molar-refractivity contribution in [2.24, 2.45) is 5.92 Å². The number of hydrogen-bond donors (Lipinski definition) is 2. The second-order valence-electron chi connectivity index (χ2n) is 6.81. The summed E-state index contributed by atoms with van der Waals surface area (Å²) in [7, 11) is 1.34. The Hall–Kier alpha value is -2.77. The zero-order valence-electron chi connectivity index (χ0n) is 16.8. The van der Waals surface area contributed by atoms with Gasteiger partial charge >= 0.3 is 13.5 Å². The summed E-state index contributed by atoms with van der Waals surface area (Å²) >= 11 is 0. The maximum absolute atomic E-state index is 12.8. The molecule has 152 valence electrons. The van der Waals surface area contributed by atoms with E-state index in [0.717, 1.165) is 12.0 Å². The number of carbonyl (C=O) groups excluding carboxylic acids is 2. The Morgan fingerprint density at radius 3 is 2.50 bits per heavy atom. The third-order valence-electron chi connectivity index (χ3n) is 4.03. The Labute approximate surface area is 167 Å². The van der Waals surface area contributed by atoms with Crippen molar-refractivity contribution in [3.63, 3.8) is 0 Å². The average Bonchev–Trinajstić information content (AvgIpc) is 2.68. The fourth-order valence-corrected chi connectivity index (χ4v) is 2.67. The monoisotopic (exact) mass is 388 g/mol. The Morgan fingerprint density at radius 1 is 1.29 bits per heavy atom.